The molecule has 2 aromatic rings. The van der Waals surface area contributed by atoms with Crippen LogP contribution in [0.1, 0.15) is 18.4 Å². The first kappa shape index (κ1) is 12.5. The van der Waals surface area contributed by atoms with Crippen LogP contribution in [-0.2, 0) is 5.54 Å². The van der Waals surface area contributed by atoms with E-state index in [9.17, 15) is 9.90 Å². The van der Waals surface area contributed by atoms with E-state index in [1.807, 2.05) is 30.3 Å². The van der Waals surface area contributed by atoms with E-state index in [2.05, 4.69) is 15.6 Å². The van der Waals surface area contributed by atoms with Gasteiger partial charge in [-0.1, -0.05) is 30.3 Å². The van der Waals surface area contributed by atoms with Gasteiger partial charge < -0.3 is 10.4 Å². The lowest BCUT2D eigenvalue weighted by atomic mass is 10.1. The molecule has 0 atom stereocenters. The van der Waals surface area contributed by atoms with E-state index in [1.54, 1.807) is 6.07 Å². The minimum Gasteiger partial charge on any atom is -0.504 e. The van der Waals surface area contributed by atoms with Gasteiger partial charge in [0.1, 0.15) is 0 Å². The molecule has 1 saturated carbocycles. The van der Waals surface area contributed by atoms with Gasteiger partial charge in [0, 0.05) is 6.20 Å². The van der Waals surface area contributed by atoms with E-state index in [4.69, 9.17) is 0 Å². The van der Waals surface area contributed by atoms with E-state index in [-0.39, 0.29) is 23.1 Å². The van der Waals surface area contributed by atoms with Crippen molar-refractivity contribution in [2.75, 3.05) is 5.32 Å². The maximum atomic E-state index is 12.0. The van der Waals surface area contributed by atoms with Crippen molar-refractivity contribution in [3.05, 3.63) is 54.2 Å². The molecule has 0 aliphatic heterocycles. The number of hydrogen-bond donors (Lipinski definition) is 3. The van der Waals surface area contributed by atoms with E-state index in [0.717, 1.165) is 18.4 Å². The Hall–Kier alpha value is -2.56. The first-order valence-electron chi connectivity index (χ1n) is 6.48. The van der Waals surface area contributed by atoms with Crippen LogP contribution >= 0.6 is 0 Å². The third-order valence-electron chi connectivity index (χ3n) is 3.45. The van der Waals surface area contributed by atoms with Gasteiger partial charge in [-0.2, -0.15) is 0 Å². The van der Waals surface area contributed by atoms with Crippen molar-refractivity contribution in [1.29, 1.82) is 0 Å². The molecule has 5 nitrogen and oxygen atoms in total. The van der Waals surface area contributed by atoms with E-state index >= 15 is 0 Å². The molecule has 1 aromatic heterocycles. The lowest BCUT2D eigenvalue weighted by molar-refractivity contribution is 0.247. The number of aromatic nitrogens is 1. The maximum absolute atomic E-state index is 12.0. The van der Waals surface area contributed by atoms with E-state index < -0.39 is 0 Å². The first-order valence-corrected chi connectivity index (χ1v) is 6.48. The van der Waals surface area contributed by atoms with E-state index in [0.29, 0.717) is 0 Å². The SMILES string of the molecule is O=C(Nc1ncccc1O)NC1(c2ccccc2)CC1. The van der Waals surface area contributed by atoms with Crippen LogP contribution in [0.4, 0.5) is 10.6 Å². The summed E-state index contributed by atoms with van der Waals surface area (Å²) < 4.78 is 0. The minimum atomic E-state index is -0.361. The quantitative estimate of drug-likeness (QED) is 0.801. The van der Waals surface area contributed by atoms with Gasteiger partial charge in [0.25, 0.3) is 0 Å². The van der Waals surface area contributed by atoms with Crippen molar-refractivity contribution in [3.8, 4) is 5.75 Å². The van der Waals surface area contributed by atoms with Crippen molar-refractivity contribution < 1.29 is 9.90 Å². The Morgan fingerprint density at radius 2 is 1.90 bits per heavy atom. The standard InChI is InChI=1S/C15H15N3O2/c19-12-7-4-10-16-13(12)17-14(20)18-15(8-9-15)11-5-2-1-3-6-11/h1-7,10,19H,8-9H2,(H2,16,17,18,20). The van der Waals surface area contributed by atoms with Crippen LogP contribution in [0.3, 0.4) is 0 Å². The van der Waals surface area contributed by atoms with Crippen molar-refractivity contribution in [2.45, 2.75) is 18.4 Å². The molecule has 3 rings (SSSR count). The molecule has 0 spiro atoms. The van der Waals surface area contributed by atoms with Gasteiger partial charge in [0.2, 0.25) is 0 Å². The maximum Gasteiger partial charge on any atom is 0.321 e. The second kappa shape index (κ2) is 4.85. The third-order valence-corrected chi connectivity index (χ3v) is 3.45. The molecule has 0 saturated heterocycles. The highest BCUT2D eigenvalue weighted by molar-refractivity contribution is 5.90. The topological polar surface area (TPSA) is 74.2 Å². The average Bonchev–Trinajstić information content (AvgIpc) is 3.23. The van der Waals surface area contributed by atoms with Gasteiger partial charge in [0.05, 0.1) is 5.54 Å². The smallest absolute Gasteiger partial charge is 0.321 e. The van der Waals surface area contributed by atoms with Crippen LogP contribution in [0, 0.1) is 0 Å². The molecule has 1 aromatic carbocycles. The number of aromatic hydroxyl groups is 1. The van der Waals surface area contributed by atoms with Crippen molar-refractivity contribution in [1.82, 2.24) is 10.3 Å². The summed E-state index contributed by atoms with van der Waals surface area (Å²) in [7, 11) is 0. The monoisotopic (exact) mass is 269 g/mol. The van der Waals surface area contributed by atoms with Crippen LogP contribution in [0.5, 0.6) is 5.75 Å². The number of amides is 2. The van der Waals surface area contributed by atoms with Gasteiger partial charge >= 0.3 is 6.03 Å². The summed E-state index contributed by atoms with van der Waals surface area (Å²) in [4.78, 5) is 15.9. The lowest BCUT2D eigenvalue weighted by Crippen LogP contribution is -2.38. The Labute approximate surface area is 116 Å². The molecule has 20 heavy (non-hydrogen) atoms. The number of anilines is 1. The van der Waals surface area contributed by atoms with Crippen LogP contribution < -0.4 is 10.6 Å². The number of carbonyl (C=O) groups excluding carboxylic acids is 1. The molecule has 1 aliphatic carbocycles. The number of nitrogens with zero attached hydrogens (tertiary/aromatic N) is 1. The molecule has 0 bridgehead atoms. The Kier molecular flexibility index (Phi) is 3.02. The highest BCUT2D eigenvalue weighted by atomic mass is 16.3. The van der Waals surface area contributed by atoms with Crippen LogP contribution in [-0.4, -0.2) is 16.1 Å². The second-order valence-corrected chi connectivity index (χ2v) is 4.90. The number of rotatable bonds is 3. The number of nitrogens with one attached hydrogen (secondary N) is 2. The molecule has 3 N–H and O–H groups in total. The molecule has 102 valence electrons. The number of urea groups is 1. The highest BCUT2D eigenvalue weighted by Crippen LogP contribution is 2.45. The number of hydrogen-bond acceptors (Lipinski definition) is 3. The predicted octanol–water partition coefficient (Wildman–Crippen LogP) is 2.60. The van der Waals surface area contributed by atoms with Gasteiger partial charge in [-0.25, -0.2) is 9.78 Å². The average molecular weight is 269 g/mol. The highest BCUT2D eigenvalue weighted by Gasteiger charge is 2.45. The molecule has 5 heteroatoms. The number of benzene rings is 1. The first-order chi connectivity index (χ1) is 9.70. The summed E-state index contributed by atoms with van der Waals surface area (Å²) in [6.45, 7) is 0. The number of pyridine rings is 1. The Morgan fingerprint density at radius 3 is 2.55 bits per heavy atom. The van der Waals surface area contributed by atoms with Crippen molar-refractivity contribution in [3.63, 3.8) is 0 Å². The zero-order valence-corrected chi connectivity index (χ0v) is 10.8. The molecule has 0 radical (unpaired) electrons. The fourth-order valence-electron chi connectivity index (χ4n) is 2.22. The molecular weight excluding hydrogens is 254 g/mol. The normalized spacial score (nSPS) is 15.4. The summed E-state index contributed by atoms with van der Waals surface area (Å²) in [6, 6.07) is 12.6. The summed E-state index contributed by atoms with van der Waals surface area (Å²) in [5.74, 6) is 0.112. The summed E-state index contributed by atoms with van der Waals surface area (Å²) in [6.07, 6.45) is 3.34. The Morgan fingerprint density at radius 1 is 1.15 bits per heavy atom. The minimum absolute atomic E-state index is 0.0489. The van der Waals surface area contributed by atoms with Crippen molar-refractivity contribution in [2.24, 2.45) is 0 Å². The molecule has 1 aliphatic rings. The van der Waals surface area contributed by atoms with Gasteiger partial charge in [0.15, 0.2) is 11.6 Å². The Balaban J connectivity index is 1.70. The van der Waals surface area contributed by atoms with Gasteiger partial charge in [-0.15, -0.1) is 0 Å². The lowest BCUT2D eigenvalue weighted by Gasteiger charge is -2.18. The zero-order chi connectivity index (χ0) is 14.0. The third kappa shape index (κ3) is 2.42. The van der Waals surface area contributed by atoms with Gasteiger partial charge in [-0.05, 0) is 30.5 Å². The molecule has 1 fully saturated rings. The van der Waals surface area contributed by atoms with E-state index in [1.165, 1.54) is 12.3 Å². The molecule has 1 heterocycles. The van der Waals surface area contributed by atoms with Gasteiger partial charge in [-0.3, -0.25) is 5.32 Å². The second-order valence-electron chi connectivity index (χ2n) is 4.90. The Bertz CT molecular complexity index is 624. The molecule has 0 unspecified atom stereocenters. The fraction of sp³-hybridized carbons (Fsp3) is 0.200. The molecular formula is C15H15N3O2. The zero-order valence-electron chi connectivity index (χ0n) is 10.8. The van der Waals surface area contributed by atoms with Crippen LogP contribution in [0.2, 0.25) is 0 Å². The number of carbonyl (C=O) groups is 1. The van der Waals surface area contributed by atoms with Crippen LogP contribution in [0.25, 0.3) is 0 Å². The summed E-state index contributed by atoms with van der Waals surface area (Å²) >= 11 is 0. The summed E-state index contributed by atoms with van der Waals surface area (Å²) in [5.41, 5.74) is 0.816. The fourth-order valence-corrected chi connectivity index (χ4v) is 2.22. The molecule has 2 amide bonds. The van der Waals surface area contributed by atoms with Crippen LogP contribution in [0.15, 0.2) is 48.7 Å². The largest absolute Gasteiger partial charge is 0.504 e. The van der Waals surface area contributed by atoms with Crippen molar-refractivity contribution >= 4 is 11.8 Å². The summed E-state index contributed by atoms with van der Waals surface area (Å²) in [5, 5.41) is 15.1. The predicted molar refractivity (Wildman–Crippen MR) is 75.4 cm³/mol.